The smallest absolute Gasteiger partial charge is 0.216 e. The van der Waals surface area contributed by atoms with Crippen LogP contribution in [0.15, 0.2) is 24.3 Å². The van der Waals surface area contributed by atoms with Crippen LogP contribution in [-0.4, -0.2) is 64.5 Å². The first-order valence-electron chi connectivity index (χ1n) is 8.07. The topological polar surface area (TPSA) is 59.1 Å². The Hall–Kier alpha value is -1.31. The van der Waals surface area contributed by atoms with E-state index in [1.807, 2.05) is 24.3 Å². The molecule has 0 amide bonds. The van der Waals surface area contributed by atoms with Gasteiger partial charge in [-0.25, -0.2) is 8.42 Å². The van der Waals surface area contributed by atoms with Crippen LogP contribution in [0.3, 0.4) is 0 Å². The third kappa shape index (κ3) is 3.97. The zero-order valence-corrected chi connectivity index (χ0v) is 14.3. The molecule has 1 unspecified atom stereocenters. The van der Waals surface area contributed by atoms with Gasteiger partial charge in [-0.3, -0.25) is 0 Å². The molecule has 2 aliphatic rings. The molecule has 2 heterocycles. The highest BCUT2D eigenvalue weighted by Crippen LogP contribution is 2.23. The van der Waals surface area contributed by atoms with Crippen molar-refractivity contribution in [2.45, 2.75) is 18.9 Å². The van der Waals surface area contributed by atoms with Crippen LogP contribution in [-0.2, 0) is 14.8 Å². The van der Waals surface area contributed by atoms with Crippen LogP contribution in [0.5, 0.6) is 5.75 Å². The van der Waals surface area contributed by atoms with Gasteiger partial charge in [0.1, 0.15) is 5.75 Å². The predicted octanol–water partition coefficient (Wildman–Crippen LogP) is 1.33. The van der Waals surface area contributed by atoms with Crippen molar-refractivity contribution in [3.63, 3.8) is 0 Å². The summed E-state index contributed by atoms with van der Waals surface area (Å²) in [4.78, 5) is 2.20. The summed E-state index contributed by atoms with van der Waals surface area (Å²) < 4.78 is 37.3. The number of piperazine rings is 1. The average molecular weight is 340 g/mol. The average Bonchev–Trinajstić information content (AvgIpc) is 3.07. The molecule has 23 heavy (non-hydrogen) atoms. The number of methoxy groups -OCH3 is 1. The molecule has 0 saturated carbocycles. The van der Waals surface area contributed by atoms with E-state index < -0.39 is 10.0 Å². The molecular weight excluding hydrogens is 316 g/mol. The van der Waals surface area contributed by atoms with Crippen molar-refractivity contribution >= 4 is 15.7 Å². The van der Waals surface area contributed by atoms with E-state index >= 15 is 0 Å². The van der Waals surface area contributed by atoms with E-state index in [1.165, 1.54) is 0 Å². The summed E-state index contributed by atoms with van der Waals surface area (Å²) in [5, 5.41) is 0. The molecule has 7 heteroatoms. The summed E-state index contributed by atoms with van der Waals surface area (Å²) in [7, 11) is -1.58. The van der Waals surface area contributed by atoms with Gasteiger partial charge in [-0.2, -0.15) is 4.31 Å². The summed E-state index contributed by atoms with van der Waals surface area (Å²) >= 11 is 0. The standard InChI is InChI=1S/C16H24N2O4S/c1-21-15-5-2-4-14(12-15)17-7-9-18(10-8-17)23(19,20)13-16-6-3-11-22-16/h2,4-5,12,16H,3,6-11,13H2,1H3. The van der Waals surface area contributed by atoms with E-state index in [9.17, 15) is 8.42 Å². The fourth-order valence-corrected chi connectivity index (χ4v) is 4.81. The minimum absolute atomic E-state index is 0.117. The van der Waals surface area contributed by atoms with E-state index in [2.05, 4.69) is 4.90 Å². The Morgan fingerprint density at radius 3 is 2.70 bits per heavy atom. The molecular formula is C16H24N2O4S. The first-order chi connectivity index (χ1) is 11.1. The van der Waals surface area contributed by atoms with Crippen molar-refractivity contribution < 1.29 is 17.9 Å². The monoisotopic (exact) mass is 340 g/mol. The van der Waals surface area contributed by atoms with E-state index in [-0.39, 0.29) is 11.9 Å². The van der Waals surface area contributed by atoms with Crippen LogP contribution in [0.25, 0.3) is 0 Å². The predicted molar refractivity (Wildman–Crippen MR) is 89.5 cm³/mol. The molecule has 0 aliphatic carbocycles. The van der Waals surface area contributed by atoms with Gasteiger partial charge in [-0.15, -0.1) is 0 Å². The van der Waals surface area contributed by atoms with Crippen molar-refractivity contribution in [2.24, 2.45) is 0 Å². The first kappa shape index (κ1) is 16.5. The van der Waals surface area contributed by atoms with Gasteiger partial charge in [0.2, 0.25) is 10.0 Å². The lowest BCUT2D eigenvalue weighted by atomic mass is 10.2. The first-order valence-corrected chi connectivity index (χ1v) is 9.68. The van der Waals surface area contributed by atoms with Crippen molar-refractivity contribution in [2.75, 3.05) is 50.5 Å². The fraction of sp³-hybridized carbons (Fsp3) is 0.625. The van der Waals surface area contributed by atoms with Crippen molar-refractivity contribution in [1.82, 2.24) is 4.31 Å². The Balaban J connectivity index is 1.59. The van der Waals surface area contributed by atoms with Gasteiger partial charge in [-0.1, -0.05) is 6.07 Å². The third-order valence-corrected chi connectivity index (χ3v) is 6.42. The number of rotatable bonds is 5. The number of hydrogen-bond acceptors (Lipinski definition) is 5. The molecule has 0 N–H and O–H groups in total. The minimum atomic E-state index is -3.23. The number of ether oxygens (including phenoxy) is 2. The van der Waals surface area contributed by atoms with Gasteiger partial charge >= 0.3 is 0 Å². The summed E-state index contributed by atoms with van der Waals surface area (Å²) in [6.07, 6.45) is 1.68. The maximum atomic E-state index is 12.5. The molecule has 0 bridgehead atoms. The largest absolute Gasteiger partial charge is 0.497 e. The highest BCUT2D eigenvalue weighted by Gasteiger charge is 2.31. The molecule has 0 aromatic heterocycles. The van der Waals surface area contributed by atoms with E-state index in [0.717, 1.165) is 24.3 Å². The summed E-state index contributed by atoms with van der Waals surface area (Å²) in [6.45, 7) is 3.11. The molecule has 2 saturated heterocycles. The summed E-state index contributed by atoms with van der Waals surface area (Å²) in [5.41, 5.74) is 1.07. The second-order valence-electron chi connectivity index (χ2n) is 6.00. The van der Waals surface area contributed by atoms with Gasteiger partial charge in [0.25, 0.3) is 0 Å². The molecule has 2 fully saturated rings. The highest BCUT2D eigenvalue weighted by molar-refractivity contribution is 7.89. The summed E-state index contributed by atoms with van der Waals surface area (Å²) in [6, 6.07) is 7.87. The number of hydrogen-bond donors (Lipinski definition) is 0. The molecule has 1 atom stereocenters. The Morgan fingerprint density at radius 2 is 2.04 bits per heavy atom. The van der Waals surface area contributed by atoms with Crippen molar-refractivity contribution in [3.8, 4) is 5.75 Å². The fourth-order valence-electron chi connectivity index (χ4n) is 3.15. The lowest BCUT2D eigenvalue weighted by molar-refractivity contribution is 0.126. The Morgan fingerprint density at radius 1 is 1.26 bits per heavy atom. The zero-order valence-electron chi connectivity index (χ0n) is 13.5. The van der Waals surface area contributed by atoms with Gasteiger partial charge in [-0.05, 0) is 25.0 Å². The van der Waals surface area contributed by atoms with Crippen LogP contribution in [0.2, 0.25) is 0 Å². The van der Waals surface area contributed by atoms with Crippen molar-refractivity contribution in [1.29, 1.82) is 0 Å². The second-order valence-corrected chi connectivity index (χ2v) is 8.01. The van der Waals surface area contributed by atoms with Crippen molar-refractivity contribution in [3.05, 3.63) is 24.3 Å². The maximum absolute atomic E-state index is 12.5. The summed E-state index contributed by atoms with van der Waals surface area (Å²) in [5.74, 6) is 0.933. The second kappa shape index (κ2) is 7.07. The number of nitrogens with zero attached hydrogens (tertiary/aromatic N) is 2. The highest BCUT2D eigenvalue weighted by atomic mass is 32.2. The SMILES string of the molecule is COc1cccc(N2CCN(S(=O)(=O)CC3CCCO3)CC2)c1. The molecule has 2 aliphatic heterocycles. The third-order valence-electron chi connectivity index (χ3n) is 4.47. The molecule has 0 spiro atoms. The number of benzene rings is 1. The lowest BCUT2D eigenvalue weighted by Crippen LogP contribution is -2.50. The molecule has 0 radical (unpaired) electrons. The maximum Gasteiger partial charge on any atom is 0.216 e. The van der Waals surface area contributed by atoms with E-state index in [4.69, 9.17) is 9.47 Å². The minimum Gasteiger partial charge on any atom is -0.497 e. The zero-order chi connectivity index (χ0) is 16.3. The van der Waals surface area contributed by atoms with Crippen LogP contribution >= 0.6 is 0 Å². The number of anilines is 1. The molecule has 6 nitrogen and oxygen atoms in total. The van der Waals surface area contributed by atoms with Gasteiger partial charge in [0.05, 0.1) is 19.0 Å². The van der Waals surface area contributed by atoms with E-state index in [1.54, 1.807) is 11.4 Å². The molecule has 1 aromatic carbocycles. The van der Waals surface area contributed by atoms with Gasteiger partial charge in [0, 0.05) is 44.5 Å². The van der Waals surface area contributed by atoms with Crippen LogP contribution in [0.4, 0.5) is 5.69 Å². The molecule has 3 rings (SSSR count). The Labute approximate surface area is 138 Å². The quantitative estimate of drug-likeness (QED) is 0.809. The molecule has 128 valence electrons. The lowest BCUT2D eigenvalue weighted by Gasteiger charge is -2.35. The normalized spacial score (nSPS) is 23.2. The van der Waals surface area contributed by atoms with Crippen LogP contribution < -0.4 is 9.64 Å². The Bertz CT molecular complexity index is 621. The van der Waals surface area contributed by atoms with E-state index in [0.29, 0.717) is 32.8 Å². The van der Waals surface area contributed by atoms with Crippen LogP contribution in [0, 0.1) is 0 Å². The van der Waals surface area contributed by atoms with Gasteiger partial charge < -0.3 is 14.4 Å². The van der Waals surface area contributed by atoms with Crippen LogP contribution in [0.1, 0.15) is 12.8 Å². The number of sulfonamides is 1. The Kier molecular flexibility index (Phi) is 5.08. The molecule has 1 aromatic rings. The van der Waals surface area contributed by atoms with Gasteiger partial charge in [0.15, 0.2) is 0 Å².